The van der Waals surface area contributed by atoms with E-state index in [1.165, 1.54) is 0 Å². The zero-order valence-electron chi connectivity index (χ0n) is 8.92. The van der Waals surface area contributed by atoms with E-state index in [9.17, 15) is 0 Å². The van der Waals surface area contributed by atoms with Gasteiger partial charge < -0.3 is 9.09 Å². The van der Waals surface area contributed by atoms with Gasteiger partial charge in [0.15, 0.2) is 5.76 Å². The van der Waals surface area contributed by atoms with E-state index in [0.717, 1.165) is 22.6 Å². The number of aryl methyl sites for hydroxylation is 1. The molecule has 80 valence electrons. The van der Waals surface area contributed by atoms with Crippen molar-refractivity contribution < 1.29 is 4.52 Å². The smallest absolute Gasteiger partial charge is 0.156 e. The SMILES string of the molecule is Cc1nc2ccccc2n1Cc1ccno1. The first-order chi connectivity index (χ1) is 7.84. The largest absolute Gasteiger partial charge is 0.359 e. The van der Waals surface area contributed by atoms with Crippen LogP contribution in [0.25, 0.3) is 11.0 Å². The summed E-state index contributed by atoms with van der Waals surface area (Å²) in [5.74, 6) is 1.82. The molecule has 0 amide bonds. The highest BCUT2D eigenvalue weighted by Gasteiger charge is 2.08. The first kappa shape index (κ1) is 9.15. The van der Waals surface area contributed by atoms with Crippen LogP contribution < -0.4 is 0 Å². The number of imidazole rings is 1. The van der Waals surface area contributed by atoms with Crippen molar-refractivity contribution in [3.05, 3.63) is 48.1 Å². The number of para-hydroxylation sites is 2. The summed E-state index contributed by atoms with van der Waals surface area (Å²) in [5, 5.41) is 3.70. The van der Waals surface area contributed by atoms with Gasteiger partial charge in [0, 0.05) is 6.07 Å². The molecule has 0 atom stereocenters. The van der Waals surface area contributed by atoms with Gasteiger partial charge in [0.1, 0.15) is 5.82 Å². The Labute approximate surface area is 92.5 Å². The topological polar surface area (TPSA) is 43.9 Å². The van der Waals surface area contributed by atoms with Gasteiger partial charge in [-0.2, -0.15) is 0 Å². The monoisotopic (exact) mass is 213 g/mol. The van der Waals surface area contributed by atoms with Crippen LogP contribution in [-0.4, -0.2) is 14.7 Å². The standard InChI is InChI=1S/C12H11N3O/c1-9-14-11-4-2-3-5-12(11)15(9)8-10-6-7-13-16-10/h2-7H,8H2,1H3. The summed E-state index contributed by atoms with van der Waals surface area (Å²) in [6.07, 6.45) is 1.66. The Morgan fingerprint density at radius 3 is 2.94 bits per heavy atom. The lowest BCUT2D eigenvalue weighted by molar-refractivity contribution is 0.376. The lowest BCUT2D eigenvalue weighted by Gasteiger charge is -2.02. The molecule has 4 heteroatoms. The van der Waals surface area contributed by atoms with Crippen LogP contribution in [0.4, 0.5) is 0 Å². The summed E-state index contributed by atoms with van der Waals surface area (Å²) in [5.41, 5.74) is 2.14. The highest BCUT2D eigenvalue weighted by atomic mass is 16.5. The van der Waals surface area contributed by atoms with Crippen molar-refractivity contribution in [3.63, 3.8) is 0 Å². The molecule has 3 aromatic rings. The number of hydrogen-bond acceptors (Lipinski definition) is 3. The summed E-state index contributed by atoms with van der Waals surface area (Å²) in [6, 6.07) is 9.95. The van der Waals surface area contributed by atoms with Crippen molar-refractivity contribution in [2.24, 2.45) is 0 Å². The molecule has 0 radical (unpaired) electrons. The normalized spacial score (nSPS) is 11.1. The number of hydrogen-bond donors (Lipinski definition) is 0. The molecule has 0 bridgehead atoms. The number of aromatic nitrogens is 3. The molecular formula is C12H11N3O. The number of benzene rings is 1. The molecule has 0 saturated carbocycles. The van der Waals surface area contributed by atoms with Crippen LogP contribution in [0.3, 0.4) is 0 Å². The molecule has 3 rings (SSSR count). The third kappa shape index (κ3) is 1.39. The van der Waals surface area contributed by atoms with Gasteiger partial charge in [0.25, 0.3) is 0 Å². The van der Waals surface area contributed by atoms with E-state index in [-0.39, 0.29) is 0 Å². The van der Waals surface area contributed by atoms with Crippen molar-refractivity contribution >= 4 is 11.0 Å². The van der Waals surface area contributed by atoms with Crippen molar-refractivity contribution in [1.29, 1.82) is 0 Å². The van der Waals surface area contributed by atoms with Gasteiger partial charge in [0.05, 0.1) is 23.8 Å². The molecule has 0 saturated heterocycles. The molecular weight excluding hydrogens is 202 g/mol. The number of nitrogens with zero attached hydrogens (tertiary/aromatic N) is 3. The van der Waals surface area contributed by atoms with Crippen molar-refractivity contribution in [2.75, 3.05) is 0 Å². The van der Waals surface area contributed by atoms with Crippen LogP contribution >= 0.6 is 0 Å². The maximum absolute atomic E-state index is 5.11. The lowest BCUT2D eigenvalue weighted by atomic mass is 10.3. The van der Waals surface area contributed by atoms with E-state index >= 15 is 0 Å². The molecule has 2 aromatic heterocycles. The first-order valence-electron chi connectivity index (χ1n) is 5.16. The summed E-state index contributed by atoms with van der Waals surface area (Å²) in [4.78, 5) is 4.49. The predicted octanol–water partition coefficient (Wildman–Crippen LogP) is 2.38. The molecule has 0 fully saturated rings. The van der Waals surface area contributed by atoms with Crippen LogP contribution in [0, 0.1) is 6.92 Å². The minimum Gasteiger partial charge on any atom is -0.359 e. The Morgan fingerprint density at radius 1 is 1.25 bits per heavy atom. The molecule has 0 spiro atoms. The molecule has 0 aliphatic heterocycles. The summed E-state index contributed by atoms with van der Waals surface area (Å²) in [6.45, 7) is 2.67. The Bertz CT molecular complexity index is 610. The maximum atomic E-state index is 5.11. The fraction of sp³-hybridized carbons (Fsp3) is 0.167. The van der Waals surface area contributed by atoms with Crippen LogP contribution in [0.5, 0.6) is 0 Å². The Balaban J connectivity index is 2.12. The third-order valence-electron chi connectivity index (χ3n) is 2.65. The Morgan fingerprint density at radius 2 is 2.12 bits per heavy atom. The average Bonchev–Trinajstić information content (AvgIpc) is 2.89. The van der Waals surface area contributed by atoms with Gasteiger partial charge in [0.2, 0.25) is 0 Å². The van der Waals surface area contributed by atoms with E-state index in [1.54, 1.807) is 6.20 Å². The average molecular weight is 213 g/mol. The molecule has 2 heterocycles. The minimum atomic E-state index is 0.673. The highest BCUT2D eigenvalue weighted by Crippen LogP contribution is 2.16. The van der Waals surface area contributed by atoms with Crippen LogP contribution in [0.15, 0.2) is 41.1 Å². The fourth-order valence-corrected chi connectivity index (χ4v) is 1.88. The van der Waals surface area contributed by atoms with Crippen LogP contribution in [0.2, 0.25) is 0 Å². The Kier molecular flexibility index (Phi) is 1.99. The zero-order valence-corrected chi connectivity index (χ0v) is 8.92. The summed E-state index contributed by atoms with van der Waals surface area (Å²) >= 11 is 0. The molecule has 0 N–H and O–H groups in total. The molecule has 4 nitrogen and oxygen atoms in total. The second-order valence-electron chi connectivity index (χ2n) is 3.71. The molecule has 16 heavy (non-hydrogen) atoms. The van der Waals surface area contributed by atoms with E-state index in [0.29, 0.717) is 6.54 Å². The van der Waals surface area contributed by atoms with Gasteiger partial charge in [-0.1, -0.05) is 17.3 Å². The van der Waals surface area contributed by atoms with Gasteiger partial charge in [-0.05, 0) is 19.1 Å². The summed E-state index contributed by atoms with van der Waals surface area (Å²) < 4.78 is 7.23. The molecule has 0 aliphatic carbocycles. The van der Waals surface area contributed by atoms with Gasteiger partial charge in [-0.3, -0.25) is 0 Å². The Hall–Kier alpha value is -2.10. The maximum Gasteiger partial charge on any atom is 0.156 e. The van der Waals surface area contributed by atoms with Crippen LogP contribution in [0.1, 0.15) is 11.6 Å². The van der Waals surface area contributed by atoms with Gasteiger partial charge >= 0.3 is 0 Å². The zero-order chi connectivity index (χ0) is 11.0. The summed E-state index contributed by atoms with van der Waals surface area (Å²) in [7, 11) is 0. The van der Waals surface area contributed by atoms with Crippen molar-refractivity contribution in [2.45, 2.75) is 13.5 Å². The van der Waals surface area contributed by atoms with Crippen LogP contribution in [-0.2, 0) is 6.54 Å². The van der Waals surface area contributed by atoms with E-state index in [1.807, 2.05) is 31.2 Å². The molecule has 0 unspecified atom stereocenters. The fourth-order valence-electron chi connectivity index (χ4n) is 1.88. The molecule has 1 aromatic carbocycles. The minimum absolute atomic E-state index is 0.673. The number of fused-ring (bicyclic) bond motifs is 1. The third-order valence-corrected chi connectivity index (χ3v) is 2.65. The first-order valence-corrected chi connectivity index (χ1v) is 5.16. The second-order valence-corrected chi connectivity index (χ2v) is 3.71. The van der Waals surface area contributed by atoms with E-state index < -0.39 is 0 Å². The van der Waals surface area contributed by atoms with Crippen molar-refractivity contribution in [3.8, 4) is 0 Å². The second kappa shape index (κ2) is 3.48. The van der Waals surface area contributed by atoms with E-state index in [4.69, 9.17) is 4.52 Å². The van der Waals surface area contributed by atoms with Gasteiger partial charge in [-0.25, -0.2) is 4.98 Å². The van der Waals surface area contributed by atoms with Crippen molar-refractivity contribution in [1.82, 2.24) is 14.7 Å². The van der Waals surface area contributed by atoms with Gasteiger partial charge in [-0.15, -0.1) is 0 Å². The lowest BCUT2D eigenvalue weighted by Crippen LogP contribution is -2.00. The predicted molar refractivity (Wildman–Crippen MR) is 60.1 cm³/mol. The number of rotatable bonds is 2. The highest BCUT2D eigenvalue weighted by molar-refractivity contribution is 5.75. The van der Waals surface area contributed by atoms with E-state index in [2.05, 4.69) is 20.8 Å². The quantitative estimate of drug-likeness (QED) is 0.656. The molecule has 0 aliphatic rings.